The standard InChI is InChI=1S/C33H36F2N6O6/c1-32(2,3)47-28(43)16-17-33(31(44)40-37-20-24-25(34)9-6-10-26(24)35)29(23-8-4-5-11-27(23)39-41-36)46-30(38-33)21-12-14-22(15-13-21)45-19-7-18-42/h4-6,8-15,29,37,42H,7,16-20H2,1-3H3,(H,40,44)/t29-,33-/m0/s1. The minimum atomic E-state index is -1.86. The van der Waals surface area contributed by atoms with Crippen molar-refractivity contribution in [2.45, 2.75) is 63.8 Å². The second-order valence-electron chi connectivity index (χ2n) is 11.6. The Morgan fingerprint density at radius 2 is 1.79 bits per heavy atom. The molecule has 0 radical (unpaired) electrons. The van der Waals surface area contributed by atoms with Gasteiger partial charge in [-0.25, -0.2) is 19.2 Å². The number of halogens is 2. The lowest BCUT2D eigenvalue weighted by Crippen LogP contribution is -2.52. The van der Waals surface area contributed by atoms with Crippen molar-refractivity contribution >= 4 is 23.5 Å². The number of esters is 1. The monoisotopic (exact) mass is 650 g/mol. The zero-order chi connectivity index (χ0) is 34.0. The minimum absolute atomic E-state index is 0.0149. The minimum Gasteiger partial charge on any atom is -0.494 e. The van der Waals surface area contributed by atoms with Gasteiger partial charge >= 0.3 is 5.97 Å². The highest BCUT2D eigenvalue weighted by Gasteiger charge is 2.54. The fourth-order valence-electron chi connectivity index (χ4n) is 4.90. The predicted molar refractivity (Wildman–Crippen MR) is 168 cm³/mol. The van der Waals surface area contributed by atoms with E-state index in [-0.39, 0.29) is 36.6 Å². The number of rotatable bonds is 14. The first-order valence-electron chi connectivity index (χ1n) is 14.9. The van der Waals surface area contributed by atoms with E-state index < -0.39 is 47.3 Å². The number of nitrogens with one attached hydrogen (secondary N) is 2. The van der Waals surface area contributed by atoms with Crippen LogP contribution in [0.25, 0.3) is 10.4 Å². The number of carbonyl (C=O) groups excluding carboxylic acids is 2. The maximum atomic E-state index is 14.3. The molecule has 0 saturated carbocycles. The van der Waals surface area contributed by atoms with Gasteiger partial charge < -0.3 is 19.3 Å². The summed E-state index contributed by atoms with van der Waals surface area (Å²) in [6.07, 6.45) is -1.24. The van der Waals surface area contributed by atoms with Crippen LogP contribution in [0.2, 0.25) is 0 Å². The molecule has 0 saturated heterocycles. The van der Waals surface area contributed by atoms with Crippen LogP contribution in [0.4, 0.5) is 14.5 Å². The number of ether oxygens (including phenoxy) is 3. The number of azide groups is 1. The molecule has 0 spiro atoms. The fourth-order valence-corrected chi connectivity index (χ4v) is 4.90. The van der Waals surface area contributed by atoms with Gasteiger partial charge in [0.05, 0.1) is 6.61 Å². The Kier molecular flexibility index (Phi) is 11.5. The molecule has 14 heteroatoms. The van der Waals surface area contributed by atoms with E-state index in [0.717, 1.165) is 12.1 Å². The van der Waals surface area contributed by atoms with Crippen LogP contribution in [-0.2, 0) is 25.6 Å². The molecule has 12 nitrogen and oxygen atoms in total. The van der Waals surface area contributed by atoms with Crippen LogP contribution in [0.5, 0.6) is 5.75 Å². The Hall–Kier alpha value is -5.04. The van der Waals surface area contributed by atoms with Gasteiger partial charge in [0.15, 0.2) is 11.6 Å². The van der Waals surface area contributed by atoms with Gasteiger partial charge in [0.2, 0.25) is 5.90 Å². The third kappa shape index (κ3) is 8.82. The van der Waals surface area contributed by atoms with Crippen LogP contribution in [0, 0.1) is 11.6 Å². The average molecular weight is 651 g/mol. The Morgan fingerprint density at radius 3 is 2.45 bits per heavy atom. The van der Waals surface area contributed by atoms with Gasteiger partial charge in [0.25, 0.3) is 5.91 Å². The van der Waals surface area contributed by atoms with E-state index in [1.807, 2.05) is 0 Å². The molecule has 1 aliphatic heterocycles. The van der Waals surface area contributed by atoms with E-state index in [0.29, 0.717) is 29.9 Å². The molecule has 1 heterocycles. The van der Waals surface area contributed by atoms with E-state index in [1.54, 1.807) is 69.3 Å². The Morgan fingerprint density at radius 1 is 1.09 bits per heavy atom. The molecule has 1 aliphatic rings. The number of aliphatic imine (C=N–C) groups is 1. The van der Waals surface area contributed by atoms with Gasteiger partial charge in [-0.2, -0.15) is 0 Å². The molecule has 3 aromatic carbocycles. The molecule has 47 heavy (non-hydrogen) atoms. The molecule has 0 bridgehead atoms. The summed E-state index contributed by atoms with van der Waals surface area (Å²) >= 11 is 0. The number of benzene rings is 3. The van der Waals surface area contributed by atoms with Crippen molar-refractivity contribution in [1.82, 2.24) is 10.9 Å². The van der Waals surface area contributed by atoms with Crippen molar-refractivity contribution in [3.05, 3.63) is 105 Å². The maximum Gasteiger partial charge on any atom is 0.306 e. The number of aliphatic hydroxyl groups excluding tert-OH is 1. The molecule has 4 rings (SSSR count). The zero-order valence-electron chi connectivity index (χ0n) is 26.2. The van der Waals surface area contributed by atoms with Crippen molar-refractivity contribution in [3.8, 4) is 5.75 Å². The van der Waals surface area contributed by atoms with Crippen LogP contribution in [0.15, 0.2) is 76.8 Å². The molecule has 0 unspecified atom stereocenters. The van der Waals surface area contributed by atoms with Crippen LogP contribution < -0.4 is 15.6 Å². The normalized spacial score (nSPS) is 17.2. The van der Waals surface area contributed by atoms with Crippen LogP contribution in [0.3, 0.4) is 0 Å². The van der Waals surface area contributed by atoms with Crippen molar-refractivity contribution < 1.29 is 37.7 Å². The SMILES string of the molecule is CC(C)(C)OC(=O)CC[C@]1(C(=O)NNCc2c(F)cccc2F)N=C(c2ccc(OCCCO)cc2)O[C@H]1c1ccccc1N=[N+]=[N-]. The summed E-state index contributed by atoms with van der Waals surface area (Å²) in [5.41, 5.74) is 12.3. The molecule has 2 atom stereocenters. The quantitative estimate of drug-likeness (QED) is 0.0490. The number of hydrogen-bond donors (Lipinski definition) is 3. The third-order valence-electron chi connectivity index (χ3n) is 7.06. The molecular weight excluding hydrogens is 614 g/mol. The highest BCUT2D eigenvalue weighted by molar-refractivity contribution is 6.01. The van der Waals surface area contributed by atoms with Crippen molar-refractivity contribution in [3.63, 3.8) is 0 Å². The van der Waals surface area contributed by atoms with Crippen LogP contribution >= 0.6 is 0 Å². The van der Waals surface area contributed by atoms with Gasteiger partial charge in [0.1, 0.15) is 23.0 Å². The highest BCUT2D eigenvalue weighted by atomic mass is 19.1. The molecule has 0 aliphatic carbocycles. The second-order valence-corrected chi connectivity index (χ2v) is 11.6. The molecule has 3 aromatic rings. The summed E-state index contributed by atoms with van der Waals surface area (Å²) in [6, 6.07) is 16.6. The summed E-state index contributed by atoms with van der Waals surface area (Å²) in [4.78, 5) is 34.8. The van der Waals surface area contributed by atoms with E-state index in [4.69, 9.17) is 24.3 Å². The molecular formula is C33H36F2N6O6. The first-order valence-corrected chi connectivity index (χ1v) is 14.9. The average Bonchev–Trinajstić information content (AvgIpc) is 3.42. The van der Waals surface area contributed by atoms with Gasteiger partial charge in [-0.15, -0.1) is 0 Å². The number of hydrazine groups is 1. The van der Waals surface area contributed by atoms with Crippen LogP contribution in [-0.4, -0.2) is 47.2 Å². The van der Waals surface area contributed by atoms with E-state index in [2.05, 4.69) is 20.9 Å². The van der Waals surface area contributed by atoms with Gasteiger partial charge in [-0.05, 0) is 69.1 Å². The predicted octanol–water partition coefficient (Wildman–Crippen LogP) is 5.87. The third-order valence-corrected chi connectivity index (χ3v) is 7.06. The number of hydrogen-bond acceptors (Lipinski definition) is 9. The topological polar surface area (TPSA) is 167 Å². The molecule has 1 amide bonds. The molecule has 248 valence electrons. The fraction of sp³-hybridized carbons (Fsp3) is 0.364. The summed E-state index contributed by atoms with van der Waals surface area (Å²) < 4.78 is 46.1. The lowest BCUT2D eigenvalue weighted by Gasteiger charge is -2.31. The molecule has 0 fully saturated rings. The Balaban J connectivity index is 1.75. The van der Waals surface area contributed by atoms with Crippen LogP contribution in [0.1, 0.15) is 62.8 Å². The van der Waals surface area contributed by atoms with E-state index >= 15 is 0 Å². The van der Waals surface area contributed by atoms with Gasteiger partial charge in [0, 0.05) is 53.3 Å². The zero-order valence-corrected chi connectivity index (χ0v) is 26.2. The van der Waals surface area contributed by atoms with Gasteiger partial charge in [-0.3, -0.25) is 15.0 Å². The summed E-state index contributed by atoms with van der Waals surface area (Å²) in [5, 5.41) is 12.8. The number of aliphatic hydroxyl groups is 1. The first kappa shape index (κ1) is 34.8. The van der Waals surface area contributed by atoms with Gasteiger partial charge in [-0.1, -0.05) is 35.4 Å². The first-order chi connectivity index (χ1) is 22.5. The van der Waals surface area contributed by atoms with E-state index in [1.165, 1.54) is 6.07 Å². The van der Waals surface area contributed by atoms with Crippen molar-refractivity contribution in [2.24, 2.45) is 10.1 Å². The van der Waals surface area contributed by atoms with Crippen molar-refractivity contribution in [2.75, 3.05) is 13.2 Å². The lowest BCUT2D eigenvalue weighted by atomic mass is 9.83. The lowest BCUT2D eigenvalue weighted by molar-refractivity contribution is -0.155. The number of nitrogens with zero attached hydrogens (tertiary/aromatic N) is 4. The Bertz CT molecular complexity index is 1640. The summed E-state index contributed by atoms with van der Waals surface area (Å²) in [6.45, 7) is 5.03. The smallest absolute Gasteiger partial charge is 0.306 e. The van der Waals surface area contributed by atoms with Crippen molar-refractivity contribution in [1.29, 1.82) is 0 Å². The number of amides is 1. The second kappa shape index (κ2) is 15.5. The van der Waals surface area contributed by atoms with E-state index in [9.17, 15) is 23.9 Å². The summed E-state index contributed by atoms with van der Waals surface area (Å²) in [7, 11) is 0. The maximum absolute atomic E-state index is 14.3. The Labute approximate surface area is 270 Å². The number of carbonyl (C=O) groups is 2. The molecule has 0 aromatic heterocycles. The largest absolute Gasteiger partial charge is 0.494 e. The molecule has 3 N–H and O–H groups in total. The summed E-state index contributed by atoms with van der Waals surface area (Å²) in [5.74, 6) is -2.41. The highest BCUT2D eigenvalue weighted by Crippen LogP contribution is 2.46.